The number of carbonyl (C=O) groups is 4. The number of nitrogens with zero attached hydrogens (tertiary/aromatic N) is 1. The highest BCUT2D eigenvalue weighted by Crippen LogP contribution is 2.38. The summed E-state index contributed by atoms with van der Waals surface area (Å²) < 4.78 is 35.5. The van der Waals surface area contributed by atoms with Gasteiger partial charge in [-0.15, -0.1) is 0 Å². The van der Waals surface area contributed by atoms with Crippen molar-refractivity contribution in [3.8, 4) is 0 Å². The van der Waals surface area contributed by atoms with Gasteiger partial charge in [0.1, 0.15) is 24.4 Å². The van der Waals surface area contributed by atoms with Crippen molar-refractivity contribution in [3.05, 3.63) is 47.6 Å². The smallest absolute Gasteiger partial charge is 0.329 e. The molecule has 2 saturated heterocycles. The van der Waals surface area contributed by atoms with Gasteiger partial charge in [0.2, 0.25) is 5.79 Å². The predicted octanol–water partition coefficient (Wildman–Crippen LogP) is 6.63. The van der Waals surface area contributed by atoms with Gasteiger partial charge in [0.15, 0.2) is 5.78 Å². The highest BCUT2D eigenvalue weighted by Gasteiger charge is 2.53. The number of piperidine rings is 1. The number of carbonyl (C=O) groups excluding carboxylic acids is 4. The highest BCUT2D eigenvalue weighted by molar-refractivity contribution is 6.39. The Kier molecular flexibility index (Phi) is 21.9. The number of esters is 1. The number of allylic oxidation sites excluding steroid dienone is 5. The minimum absolute atomic E-state index is 0.0191. The van der Waals surface area contributed by atoms with Crippen LogP contribution >= 0.6 is 0 Å². The summed E-state index contributed by atoms with van der Waals surface area (Å²) in [6.45, 7) is 13.1. The van der Waals surface area contributed by atoms with Crippen LogP contribution in [0.2, 0.25) is 0 Å². The molecule has 1 amide bonds. The predicted molar refractivity (Wildman–Crippen MR) is 251 cm³/mol. The largest absolute Gasteiger partial charge is 0.460 e. The third-order valence-corrected chi connectivity index (χ3v) is 14.9. The second-order valence-corrected chi connectivity index (χ2v) is 20.0. The van der Waals surface area contributed by atoms with E-state index in [1.165, 1.54) is 12.0 Å². The van der Waals surface area contributed by atoms with E-state index in [-0.39, 0.29) is 55.1 Å². The fourth-order valence-electron chi connectivity index (χ4n) is 10.5. The summed E-state index contributed by atoms with van der Waals surface area (Å²) in [5.41, 5.74) is 1.35. The molecule has 66 heavy (non-hydrogen) atoms. The molecule has 14 nitrogen and oxygen atoms in total. The number of hydrogen-bond donors (Lipinski definition) is 3. The first-order chi connectivity index (χ1) is 31.3. The quantitative estimate of drug-likeness (QED) is 0.141. The molecule has 0 aromatic rings. The molecule has 4 aliphatic rings. The number of hydrogen-bond acceptors (Lipinski definition) is 13. The minimum atomic E-state index is -2.41. The molecule has 3 aliphatic heterocycles. The Morgan fingerprint density at radius 1 is 0.803 bits per heavy atom. The molecule has 3 N–H and O–H groups in total. The number of cyclic esters (lactones) is 1. The van der Waals surface area contributed by atoms with Crippen molar-refractivity contribution in [1.29, 1.82) is 0 Å². The number of ether oxygens (including phenoxy) is 6. The summed E-state index contributed by atoms with van der Waals surface area (Å²) in [6.07, 6.45) is 12.4. The fraction of sp³-hybridized carbons (Fsp3) is 0.769. The standard InChI is InChI=1S/C52H83NO13/c1-31-17-13-12-14-18-32(2)43(62-9)29-39-22-20-37(7)52(60,66-39)49(57)50(58)53-24-16-15-19-40(53)51(59)65-44(34(4)27-38-21-23-42(61-8)45(28-38)63-10)30-41(54)33(3)26-36(6)47(56)48(64-11)46(55)35(5)25-31/h12-14,17-18,26,31,33-35,37-45,47-48,54,56,60H,15-16,19-25,27-30H2,1-11H3/b14-12+,17-13-,32-18+,36-26+. The molecule has 0 radical (unpaired) electrons. The summed E-state index contributed by atoms with van der Waals surface area (Å²) in [7, 11) is 6.35. The lowest BCUT2D eigenvalue weighted by Crippen LogP contribution is -2.61. The molecule has 14 heteroatoms. The van der Waals surface area contributed by atoms with Crippen LogP contribution < -0.4 is 0 Å². The van der Waals surface area contributed by atoms with Gasteiger partial charge in [-0.2, -0.15) is 0 Å². The van der Waals surface area contributed by atoms with Gasteiger partial charge in [-0.3, -0.25) is 14.4 Å². The summed E-state index contributed by atoms with van der Waals surface area (Å²) in [5, 5.41) is 35.3. The number of fused-ring (bicyclic) bond motifs is 3. The molecule has 3 heterocycles. The van der Waals surface area contributed by atoms with Crippen LogP contribution in [0.25, 0.3) is 0 Å². The molecule has 2 bridgehead atoms. The maximum Gasteiger partial charge on any atom is 0.329 e. The zero-order valence-electron chi connectivity index (χ0n) is 41.7. The number of aliphatic hydroxyl groups excluding tert-OH is 2. The van der Waals surface area contributed by atoms with Crippen LogP contribution in [-0.2, 0) is 47.6 Å². The van der Waals surface area contributed by atoms with Crippen LogP contribution in [0.4, 0.5) is 0 Å². The Labute approximate surface area is 394 Å². The monoisotopic (exact) mass is 930 g/mol. The Hall–Kier alpha value is -3.08. The summed E-state index contributed by atoms with van der Waals surface area (Å²) >= 11 is 0. The van der Waals surface area contributed by atoms with Gasteiger partial charge in [-0.1, -0.05) is 71.1 Å². The topological polar surface area (TPSA) is 188 Å². The van der Waals surface area contributed by atoms with Crippen LogP contribution in [0.15, 0.2) is 47.6 Å². The Bertz CT molecular complexity index is 1730. The van der Waals surface area contributed by atoms with Crippen LogP contribution in [-0.4, -0.2) is 139 Å². The normalized spacial score (nSPS) is 41.1. The van der Waals surface area contributed by atoms with Crippen molar-refractivity contribution in [2.75, 3.05) is 35.0 Å². The second-order valence-electron chi connectivity index (χ2n) is 20.0. The lowest BCUT2D eigenvalue weighted by atomic mass is 9.78. The summed E-state index contributed by atoms with van der Waals surface area (Å²) in [5.74, 6) is -7.04. The molecular formula is C52H83NO13. The molecule has 374 valence electrons. The SMILES string of the molecule is COC1CC2CCC(C)C(O)(O2)C(=O)C(=O)N2CCCCC2C(=O)OC(C(C)CC2CCC(OC)C(OC)C2)CC(O)C(C)/C=C(\C)C(O)C(OC)C(=O)C(C)CC(C)\C=C/C=C/C=C/1C. The molecular weight excluding hydrogens is 847 g/mol. The second kappa shape index (κ2) is 26.1. The van der Waals surface area contributed by atoms with E-state index in [4.69, 9.17) is 28.4 Å². The number of Topliss-reactive ketones (excluding diaryl/α,β-unsaturated/α-hetero) is 2. The van der Waals surface area contributed by atoms with Gasteiger partial charge in [-0.05, 0) is 107 Å². The number of ketones is 2. The van der Waals surface area contributed by atoms with Gasteiger partial charge >= 0.3 is 5.97 Å². The van der Waals surface area contributed by atoms with E-state index >= 15 is 0 Å². The van der Waals surface area contributed by atoms with Gasteiger partial charge < -0.3 is 48.6 Å². The minimum Gasteiger partial charge on any atom is -0.460 e. The van der Waals surface area contributed by atoms with Crippen molar-refractivity contribution < 1.29 is 62.9 Å². The van der Waals surface area contributed by atoms with Gasteiger partial charge in [-0.25, -0.2) is 4.79 Å². The zero-order chi connectivity index (χ0) is 48.9. The lowest BCUT2D eigenvalue weighted by Gasteiger charge is -2.43. The van der Waals surface area contributed by atoms with Gasteiger partial charge in [0, 0.05) is 65.6 Å². The molecule has 1 aliphatic carbocycles. The molecule has 4 rings (SSSR count). The molecule has 0 aromatic heterocycles. The van der Waals surface area contributed by atoms with E-state index in [0.29, 0.717) is 50.5 Å². The summed E-state index contributed by atoms with van der Waals surface area (Å²) in [6, 6.07) is -1.09. The van der Waals surface area contributed by atoms with Crippen molar-refractivity contribution in [2.45, 2.75) is 186 Å². The third-order valence-electron chi connectivity index (χ3n) is 14.9. The van der Waals surface area contributed by atoms with Crippen LogP contribution in [0.3, 0.4) is 0 Å². The average molecular weight is 930 g/mol. The zero-order valence-corrected chi connectivity index (χ0v) is 41.7. The van der Waals surface area contributed by atoms with Gasteiger partial charge in [0.05, 0.1) is 30.5 Å². The molecule has 1 saturated carbocycles. The lowest BCUT2D eigenvalue weighted by molar-refractivity contribution is -0.265. The average Bonchev–Trinajstić information content (AvgIpc) is 3.30. The highest BCUT2D eigenvalue weighted by atomic mass is 16.6. The van der Waals surface area contributed by atoms with Crippen LogP contribution in [0.1, 0.15) is 126 Å². The van der Waals surface area contributed by atoms with E-state index in [9.17, 15) is 34.5 Å². The molecule has 16 atom stereocenters. The van der Waals surface area contributed by atoms with Crippen molar-refractivity contribution in [3.63, 3.8) is 0 Å². The Morgan fingerprint density at radius 2 is 1.52 bits per heavy atom. The van der Waals surface area contributed by atoms with Crippen molar-refractivity contribution in [2.24, 2.45) is 35.5 Å². The molecule has 0 spiro atoms. The first-order valence-corrected chi connectivity index (χ1v) is 24.5. The van der Waals surface area contributed by atoms with Gasteiger partial charge in [0.25, 0.3) is 11.7 Å². The van der Waals surface area contributed by atoms with Crippen molar-refractivity contribution in [1.82, 2.24) is 4.90 Å². The maximum absolute atomic E-state index is 14.4. The first-order valence-electron chi connectivity index (χ1n) is 24.5. The Morgan fingerprint density at radius 3 is 2.18 bits per heavy atom. The number of rotatable bonds is 7. The Balaban J connectivity index is 1.70. The molecule has 3 fully saturated rings. The molecule has 0 aromatic carbocycles. The van der Waals surface area contributed by atoms with E-state index in [1.807, 2.05) is 58.1 Å². The number of aliphatic hydroxyl groups is 3. The third kappa shape index (κ3) is 14.5. The first kappa shape index (κ1) is 55.5. The van der Waals surface area contributed by atoms with Crippen molar-refractivity contribution >= 4 is 23.4 Å². The number of amides is 1. The number of methoxy groups -OCH3 is 4. The van der Waals surface area contributed by atoms with E-state index in [2.05, 4.69) is 0 Å². The van der Waals surface area contributed by atoms with Crippen LogP contribution in [0.5, 0.6) is 0 Å². The fourth-order valence-corrected chi connectivity index (χ4v) is 10.5. The van der Waals surface area contributed by atoms with E-state index in [1.54, 1.807) is 48.2 Å². The van der Waals surface area contributed by atoms with E-state index in [0.717, 1.165) is 24.8 Å². The van der Waals surface area contributed by atoms with Crippen LogP contribution in [0, 0.1) is 35.5 Å². The summed E-state index contributed by atoms with van der Waals surface area (Å²) in [4.78, 5) is 57.9. The maximum atomic E-state index is 14.4. The van der Waals surface area contributed by atoms with E-state index < -0.39 is 83.9 Å². The molecule has 16 unspecified atom stereocenters.